The van der Waals surface area contributed by atoms with Crippen LogP contribution in [0.3, 0.4) is 0 Å². The van der Waals surface area contributed by atoms with Crippen molar-refractivity contribution >= 4 is 17.1 Å². The molecule has 2 rings (SSSR count). The SMILES string of the molecule is C=C=Cn1ccc2cc(C)ccc21. The maximum Gasteiger partial charge on any atom is 0.0528 e. The molecule has 1 aromatic carbocycles. The quantitative estimate of drug-likeness (QED) is 0.578. The minimum atomic E-state index is 1.20. The predicted molar refractivity (Wildman–Crippen MR) is 56.6 cm³/mol. The first-order valence-corrected chi connectivity index (χ1v) is 4.24. The van der Waals surface area contributed by atoms with E-state index in [1.165, 1.54) is 16.5 Å². The molecule has 0 atom stereocenters. The van der Waals surface area contributed by atoms with E-state index in [9.17, 15) is 0 Å². The molecule has 1 heterocycles. The zero-order chi connectivity index (χ0) is 9.26. The van der Waals surface area contributed by atoms with E-state index in [1.54, 1.807) is 0 Å². The van der Waals surface area contributed by atoms with Crippen molar-refractivity contribution in [1.29, 1.82) is 0 Å². The standard InChI is InChI=1S/C12H11N/c1-3-7-13-8-6-11-9-10(2)4-5-12(11)13/h4-9H,1H2,2H3. The third kappa shape index (κ3) is 1.30. The van der Waals surface area contributed by atoms with Gasteiger partial charge in [0.05, 0.1) is 11.7 Å². The summed E-state index contributed by atoms with van der Waals surface area (Å²) in [5.74, 6) is 0. The van der Waals surface area contributed by atoms with Gasteiger partial charge in [-0.25, -0.2) is 0 Å². The molecular weight excluding hydrogens is 158 g/mol. The molecule has 0 N–H and O–H groups in total. The monoisotopic (exact) mass is 169 g/mol. The Bertz CT molecular complexity index is 485. The van der Waals surface area contributed by atoms with Crippen LogP contribution >= 0.6 is 0 Å². The van der Waals surface area contributed by atoms with Gasteiger partial charge in [-0.05, 0) is 25.1 Å². The first kappa shape index (κ1) is 7.90. The van der Waals surface area contributed by atoms with E-state index in [2.05, 4.69) is 43.5 Å². The van der Waals surface area contributed by atoms with Gasteiger partial charge in [-0.15, -0.1) is 5.73 Å². The highest BCUT2D eigenvalue weighted by molar-refractivity contribution is 5.82. The minimum absolute atomic E-state index is 1.20. The van der Waals surface area contributed by atoms with E-state index in [-0.39, 0.29) is 0 Å². The molecule has 0 aliphatic heterocycles. The molecule has 0 saturated carbocycles. The zero-order valence-corrected chi connectivity index (χ0v) is 7.62. The fraction of sp³-hybridized carbons (Fsp3) is 0.0833. The van der Waals surface area contributed by atoms with Crippen molar-refractivity contribution in [2.24, 2.45) is 0 Å². The van der Waals surface area contributed by atoms with Crippen LogP contribution in [0.2, 0.25) is 0 Å². The van der Waals surface area contributed by atoms with Crippen LogP contribution in [0.4, 0.5) is 0 Å². The average molecular weight is 169 g/mol. The van der Waals surface area contributed by atoms with Gasteiger partial charge >= 0.3 is 0 Å². The Morgan fingerprint density at radius 3 is 3.00 bits per heavy atom. The van der Waals surface area contributed by atoms with Crippen LogP contribution in [-0.4, -0.2) is 4.57 Å². The Kier molecular flexibility index (Phi) is 1.80. The first-order valence-electron chi connectivity index (χ1n) is 4.24. The fourth-order valence-corrected chi connectivity index (χ4v) is 1.49. The maximum atomic E-state index is 3.56. The van der Waals surface area contributed by atoms with Gasteiger partial charge in [0.15, 0.2) is 0 Å². The van der Waals surface area contributed by atoms with E-state index in [1.807, 2.05) is 17.0 Å². The normalized spacial score (nSPS) is 9.92. The minimum Gasteiger partial charge on any atom is -0.316 e. The summed E-state index contributed by atoms with van der Waals surface area (Å²) < 4.78 is 2.02. The zero-order valence-electron chi connectivity index (χ0n) is 7.62. The predicted octanol–water partition coefficient (Wildman–Crippen LogP) is 3.21. The average Bonchev–Trinajstić information content (AvgIpc) is 2.49. The Hall–Kier alpha value is -1.72. The third-order valence-electron chi connectivity index (χ3n) is 2.11. The topological polar surface area (TPSA) is 4.93 Å². The number of aryl methyl sites for hydroxylation is 1. The van der Waals surface area contributed by atoms with Gasteiger partial charge < -0.3 is 4.57 Å². The van der Waals surface area contributed by atoms with Gasteiger partial charge in [-0.2, -0.15) is 0 Å². The number of nitrogens with zero attached hydrogens (tertiary/aromatic N) is 1. The Morgan fingerprint density at radius 1 is 1.38 bits per heavy atom. The highest BCUT2D eigenvalue weighted by atomic mass is 14.9. The van der Waals surface area contributed by atoms with Crippen molar-refractivity contribution < 1.29 is 0 Å². The van der Waals surface area contributed by atoms with Crippen molar-refractivity contribution in [3.05, 3.63) is 48.3 Å². The molecule has 0 bridgehead atoms. The number of aromatic nitrogens is 1. The molecule has 0 aliphatic rings. The molecule has 0 amide bonds. The van der Waals surface area contributed by atoms with Crippen molar-refractivity contribution in [3.63, 3.8) is 0 Å². The van der Waals surface area contributed by atoms with Crippen LogP contribution in [0.25, 0.3) is 17.1 Å². The summed E-state index contributed by atoms with van der Waals surface area (Å²) in [5, 5.41) is 1.26. The molecule has 0 radical (unpaired) electrons. The van der Waals surface area contributed by atoms with Crippen LogP contribution in [-0.2, 0) is 0 Å². The van der Waals surface area contributed by atoms with E-state index in [0.29, 0.717) is 0 Å². The van der Waals surface area contributed by atoms with Gasteiger partial charge in [-0.3, -0.25) is 0 Å². The first-order chi connectivity index (χ1) is 6.31. The summed E-state index contributed by atoms with van der Waals surface area (Å²) in [5.41, 5.74) is 5.25. The summed E-state index contributed by atoms with van der Waals surface area (Å²) in [7, 11) is 0. The lowest BCUT2D eigenvalue weighted by Gasteiger charge is -1.96. The van der Waals surface area contributed by atoms with Crippen molar-refractivity contribution in [2.75, 3.05) is 0 Å². The van der Waals surface area contributed by atoms with Gasteiger partial charge in [0.2, 0.25) is 0 Å². The van der Waals surface area contributed by atoms with Crippen LogP contribution in [0.1, 0.15) is 5.56 Å². The Morgan fingerprint density at radius 2 is 2.23 bits per heavy atom. The molecule has 64 valence electrons. The second-order valence-corrected chi connectivity index (χ2v) is 3.12. The van der Waals surface area contributed by atoms with E-state index < -0.39 is 0 Å². The second kappa shape index (κ2) is 2.96. The lowest BCUT2D eigenvalue weighted by Crippen LogP contribution is -1.81. The van der Waals surface area contributed by atoms with Crippen LogP contribution in [0.5, 0.6) is 0 Å². The van der Waals surface area contributed by atoms with E-state index >= 15 is 0 Å². The summed E-state index contributed by atoms with van der Waals surface area (Å²) in [4.78, 5) is 0. The van der Waals surface area contributed by atoms with E-state index in [0.717, 1.165) is 0 Å². The molecule has 2 aromatic rings. The molecular formula is C12H11N. The smallest absolute Gasteiger partial charge is 0.0528 e. The molecule has 0 fully saturated rings. The van der Waals surface area contributed by atoms with Crippen LogP contribution in [0, 0.1) is 6.92 Å². The van der Waals surface area contributed by atoms with Gasteiger partial charge in [0.25, 0.3) is 0 Å². The lowest BCUT2D eigenvalue weighted by molar-refractivity contribution is 1.23. The van der Waals surface area contributed by atoms with Gasteiger partial charge in [-0.1, -0.05) is 18.2 Å². The van der Waals surface area contributed by atoms with Crippen molar-refractivity contribution in [3.8, 4) is 0 Å². The van der Waals surface area contributed by atoms with Crippen LogP contribution < -0.4 is 0 Å². The highest BCUT2D eigenvalue weighted by Gasteiger charge is 1.97. The molecule has 0 spiro atoms. The second-order valence-electron chi connectivity index (χ2n) is 3.12. The lowest BCUT2D eigenvalue weighted by atomic mass is 10.2. The molecule has 0 aliphatic carbocycles. The summed E-state index contributed by atoms with van der Waals surface area (Å²) in [6.07, 6.45) is 3.85. The molecule has 13 heavy (non-hydrogen) atoms. The molecule has 1 heteroatoms. The number of fused-ring (bicyclic) bond motifs is 1. The fourth-order valence-electron chi connectivity index (χ4n) is 1.49. The Labute approximate surface area is 77.6 Å². The number of benzene rings is 1. The Balaban J connectivity index is 2.75. The van der Waals surface area contributed by atoms with Crippen molar-refractivity contribution in [1.82, 2.24) is 4.57 Å². The van der Waals surface area contributed by atoms with Crippen molar-refractivity contribution in [2.45, 2.75) is 6.92 Å². The summed E-state index contributed by atoms with van der Waals surface area (Å²) >= 11 is 0. The summed E-state index contributed by atoms with van der Waals surface area (Å²) in [6.45, 7) is 5.66. The van der Waals surface area contributed by atoms with Gasteiger partial charge in [0.1, 0.15) is 0 Å². The van der Waals surface area contributed by atoms with Gasteiger partial charge in [0, 0.05) is 11.6 Å². The number of rotatable bonds is 1. The number of hydrogen-bond acceptors (Lipinski definition) is 0. The highest BCUT2D eigenvalue weighted by Crippen LogP contribution is 2.17. The van der Waals surface area contributed by atoms with Crippen LogP contribution in [0.15, 0.2) is 42.8 Å². The molecule has 1 aromatic heterocycles. The number of hydrogen-bond donors (Lipinski definition) is 0. The molecule has 1 nitrogen and oxygen atoms in total. The third-order valence-corrected chi connectivity index (χ3v) is 2.11. The largest absolute Gasteiger partial charge is 0.316 e. The van der Waals surface area contributed by atoms with E-state index in [4.69, 9.17) is 0 Å². The summed E-state index contributed by atoms with van der Waals surface area (Å²) in [6, 6.07) is 8.48. The molecule has 0 saturated heterocycles. The molecule has 0 unspecified atom stereocenters. The maximum absolute atomic E-state index is 3.56.